The highest BCUT2D eigenvalue weighted by atomic mass is 19.3. The molecule has 0 bridgehead atoms. The first kappa shape index (κ1) is 16.2. The van der Waals surface area contributed by atoms with Crippen molar-refractivity contribution in [2.45, 2.75) is 58.3 Å². The zero-order chi connectivity index (χ0) is 14.8. The molecule has 0 radical (unpaired) electrons. The molecule has 112 valence electrons. The fraction of sp³-hybridized carbons (Fsp3) is 0.923. The van der Waals surface area contributed by atoms with Crippen LogP contribution in [0.1, 0.15) is 46.0 Å². The van der Waals surface area contributed by atoms with E-state index in [0.29, 0.717) is 18.8 Å². The summed E-state index contributed by atoms with van der Waals surface area (Å²) in [5.41, 5.74) is -1.70. The molecule has 0 saturated heterocycles. The number of hydrogen-bond donors (Lipinski definition) is 1. The fourth-order valence-corrected chi connectivity index (χ4v) is 2.85. The second-order valence-corrected chi connectivity index (χ2v) is 5.91. The lowest BCUT2D eigenvalue weighted by Crippen LogP contribution is -2.43. The summed E-state index contributed by atoms with van der Waals surface area (Å²) in [6.45, 7) is 3.98. The van der Waals surface area contributed by atoms with Gasteiger partial charge in [0.2, 0.25) is 0 Å². The molecule has 0 aromatic carbocycles. The van der Waals surface area contributed by atoms with E-state index in [-0.39, 0.29) is 18.8 Å². The van der Waals surface area contributed by atoms with Crippen molar-refractivity contribution in [1.82, 2.24) is 0 Å². The van der Waals surface area contributed by atoms with E-state index in [1.54, 1.807) is 0 Å². The van der Waals surface area contributed by atoms with Crippen LogP contribution in [0.15, 0.2) is 0 Å². The summed E-state index contributed by atoms with van der Waals surface area (Å²) in [4.78, 5) is 11.3. The molecule has 1 aliphatic carbocycles. The Kier molecular flexibility index (Phi) is 4.85. The van der Waals surface area contributed by atoms with Gasteiger partial charge >= 0.3 is 18.3 Å². The number of carboxylic acids is 1. The zero-order valence-corrected chi connectivity index (χ0v) is 11.1. The first-order valence-electron chi connectivity index (χ1n) is 6.50. The van der Waals surface area contributed by atoms with Gasteiger partial charge in [0.15, 0.2) is 0 Å². The first-order valence-corrected chi connectivity index (χ1v) is 6.50. The Morgan fingerprint density at radius 1 is 1.32 bits per heavy atom. The van der Waals surface area contributed by atoms with Gasteiger partial charge in [-0.1, -0.05) is 13.8 Å². The Balaban J connectivity index is 2.82. The van der Waals surface area contributed by atoms with Gasteiger partial charge in [-0.25, -0.2) is 17.6 Å². The predicted molar refractivity (Wildman–Crippen MR) is 62.4 cm³/mol. The van der Waals surface area contributed by atoms with Gasteiger partial charge in [0.25, 0.3) is 0 Å². The average Bonchev–Trinajstić information content (AvgIpc) is 2.28. The van der Waals surface area contributed by atoms with Crippen molar-refractivity contribution in [2.75, 3.05) is 0 Å². The van der Waals surface area contributed by atoms with Crippen LogP contribution < -0.4 is 0 Å². The van der Waals surface area contributed by atoms with Crippen LogP contribution in [0.2, 0.25) is 0 Å². The van der Waals surface area contributed by atoms with Crippen molar-refractivity contribution in [3.63, 3.8) is 0 Å². The van der Waals surface area contributed by atoms with E-state index >= 15 is 0 Å². The van der Waals surface area contributed by atoms with Crippen molar-refractivity contribution in [3.05, 3.63) is 0 Å². The fourth-order valence-electron chi connectivity index (χ4n) is 2.85. The molecule has 0 aliphatic heterocycles. The predicted octanol–water partition coefficient (Wildman–Crippen LogP) is 4.19. The minimum Gasteiger partial charge on any atom is -0.481 e. The van der Waals surface area contributed by atoms with Crippen LogP contribution in [0.4, 0.5) is 17.6 Å². The highest BCUT2D eigenvalue weighted by Gasteiger charge is 2.53. The van der Waals surface area contributed by atoms with E-state index in [2.05, 4.69) is 0 Å². The standard InChI is InChI=1S/C13H20F4O2/c1-8(2)9-3-5-12(6-4-9,11(18)19)7-13(16,17)10(14)15/h8-10H,3-7H2,1-2H3,(H,18,19). The molecule has 1 fully saturated rings. The third-order valence-electron chi connectivity index (χ3n) is 4.28. The molecule has 2 nitrogen and oxygen atoms in total. The summed E-state index contributed by atoms with van der Waals surface area (Å²) in [6, 6.07) is 0. The molecule has 0 unspecified atom stereocenters. The SMILES string of the molecule is CC(C)C1CCC(CC(F)(F)C(F)F)(C(=O)O)CC1. The third-order valence-corrected chi connectivity index (χ3v) is 4.28. The van der Waals surface area contributed by atoms with Crippen LogP contribution in [-0.2, 0) is 4.79 Å². The van der Waals surface area contributed by atoms with Crippen LogP contribution in [0.3, 0.4) is 0 Å². The van der Waals surface area contributed by atoms with E-state index in [9.17, 15) is 27.5 Å². The van der Waals surface area contributed by atoms with Crippen molar-refractivity contribution < 1.29 is 27.5 Å². The van der Waals surface area contributed by atoms with E-state index in [0.717, 1.165) is 0 Å². The normalized spacial score (nSPS) is 28.9. The highest BCUT2D eigenvalue weighted by molar-refractivity contribution is 5.74. The molecule has 0 atom stereocenters. The quantitative estimate of drug-likeness (QED) is 0.768. The van der Waals surface area contributed by atoms with Crippen molar-refractivity contribution in [2.24, 2.45) is 17.3 Å². The zero-order valence-electron chi connectivity index (χ0n) is 11.1. The second kappa shape index (κ2) is 5.67. The molecule has 1 rings (SSSR count). The van der Waals surface area contributed by atoms with Crippen molar-refractivity contribution in [3.8, 4) is 0 Å². The molecule has 1 aliphatic rings. The van der Waals surface area contributed by atoms with Crippen LogP contribution in [0, 0.1) is 17.3 Å². The number of halogens is 4. The Bertz CT molecular complexity index is 321. The minimum atomic E-state index is -4.23. The molecule has 19 heavy (non-hydrogen) atoms. The summed E-state index contributed by atoms with van der Waals surface area (Å²) in [5.74, 6) is -4.98. The summed E-state index contributed by atoms with van der Waals surface area (Å²) < 4.78 is 50.9. The average molecular weight is 284 g/mol. The molecule has 1 N–H and O–H groups in total. The number of hydrogen-bond acceptors (Lipinski definition) is 1. The smallest absolute Gasteiger partial charge is 0.309 e. The number of aliphatic carboxylic acids is 1. The highest BCUT2D eigenvalue weighted by Crippen LogP contribution is 2.48. The van der Waals surface area contributed by atoms with Crippen LogP contribution in [0.5, 0.6) is 0 Å². The van der Waals surface area contributed by atoms with Gasteiger partial charge in [-0.2, -0.15) is 0 Å². The molecule has 0 spiro atoms. The van der Waals surface area contributed by atoms with Crippen molar-refractivity contribution in [1.29, 1.82) is 0 Å². The van der Waals surface area contributed by atoms with E-state index in [1.165, 1.54) is 0 Å². The minimum absolute atomic E-state index is 0.0491. The van der Waals surface area contributed by atoms with Gasteiger partial charge in [0, 0.05) is 6.42 Å². The van der Waals surface area contributed by atoms with Gasteiger partial charge in [0.1, 0.15) is 0 Å². The number of carbonyl (C=O) groups is 1. The molecule has 0 aromatic rings. The van der Waals surface area contributed by atoms with E-state index in [4.69, 9.17) is 0 Å². The maximum absolute atomic E-state index is 13.2. The van der Waals surface area contributed by atoms with E-state index < -0.39 is 30.2 Å². The topological polar surface area (TPSA) is 37.3 Å². The second-order valence-electron chi connectivity index (χ2n) is 5.91. The summed E-state index contributed by atoms with van der Waals surface area (Å²) in [5, 5.41) is 9.18. The lowest BCUT2D eigenvalue weighted by molar-refractivity contribution is -0.178. The van der Waals surface area contributed by atoms with Gasteiger partial charge < -0.3 is 5.11 Å². The van der Waals surface area contributed by atoms with Crippen LogP contribution in [-0.4, -0.2) is 23.4 Å². The molecule has 0 aromatic heterocycles. The monoisotopic (exact) mass is 284 g/mol. The van der Waals surface area contributed by atoms with Crippen molar-refractivity contribution >= 4 is 5.97 Å². The summed E-state index contributed by atoms with van der Waals surface area (Å²) in [7, 11) is 0. The first-order chi connectivity index (χ1) is 8.61. The van der Waals surface area contributed by atoms with E-state index in [1.807, 2.05) is 13.8 Å². The maximum atomic E-state index is 13.2. The molecule has 1 saturated carbocycles. The van der Waals surface area contributed by atoms with Gasteiger partial charge in [-0.15, -0.1) is 0 Å². The van der Waals surface area contributed by atoms with Gasteiger partial charge in [-0.05, 0) is 37.5 Å². The third kappa shape index (κ3) is 3.60. The number of rotatable bonds is 5. The van der Waals surface area contributed by atoms with Crippen LogP contribution in [0.25, 0.3) is 0 Å². The summed E-state index contributed by atoms with van der Waals surface area (Å²) in [6.07, 6.45) is -3.97. The molecular weight excluding hydrogens is 264 g/mol. The number of carboxylic acid groups (broad SMARTS) is 1. The molecule has 0 amide bonds. The number of alkyl halides is 4. The lowest BCUT2D eigenvalue weighted by atomic mass is 9.65. The Morgan fingerprint density at radius 3 is 2.11 bits per heavy atom. The molecule has 6 heteroatoms. The lowest BCUT2D eigenvalue weighted by Gasteiger charge is -2.39. The van der Waals surface area contributed by atoms with Gasteiger partial charge in [-0.3, -0.25) is 4.79 Å². The molecular formula is C13H20F4O2. The largest absolute Gasteiger partial charge is 0.481 e. The molecule has 0 heterocycles. The van der Waals surface area contributed by atoms with Gasteiger partial charge in [0.05, 0.1) is 5.41 Å². The Labute approximate surface area is 110 Å². The maximum Gasteiger partial charge on any atom is 0.309 e. The summed E-state index contributed by atoms with van der Waals surface area (Å²) >= 11 is 0. The Morgan fingerprint density at radius 2 is 1.79 bits per heavy atom. The van der Waals surface area contributed by atoms with Crippen LogP contribution >= 0.6 is 0 Å². The Hall–Kier alpha value is -0.810.